The van der Waals surface area contributed by atoms with Crippen LogP contribution in [0.4, 0.5) is 0 Å². The molecular weight excluding hydrogens is 208 g/mol. The molecule has 84 valence electrons. The third-order valence-corrected chi connectivity index (χ3v) is 2.65. The first kappa shape index (κ1) is 12.5. The maximum atomic E-state index is 5.92. The van der Waals surface area contributed by atoms with Crippen molar-refractivity contribution in [1.29, 1.82) is 0 Å². The van der Waals surface area contributed by atoms with Crippen LogP contribution in [-0.4, -0.2) is 24.5 Å². The Bertz CT molecular complexity index is 301. The Morgan fingerprint density at radius 1 is 1.47 bits per heavy atom. The van der Waals surface area contributed by atoms with Crippen LogP contribution in [0.15, 0.2) is 24.3 Å². The first-order valence-corrected chi connectivity index (χ1v) is 5.68. The fourth-order valence-corrected chi connectivity index (χ4v) is 1.75. The first-order valence-electron chi connectivity index (χ1n) is 5.30. The molecule has 1 aromatic carbocycles. The molecule has 0 aliphatic heterocycles. The van der Waals surface area contributed by atoms with Gasteiger partial charge in [-0.1, -0.05) is 30.7 Å². The number of likely N-dealkylation sites (N-methyl/N-ethyl adjacent to an activating group) is 1. The van der Waals surface area contributed by atoms with Crippen molar-refractivity contribution in [2.75, 3.05) is 13.6 Å². The van der Waals surface area contributed by atoms with Gasteiger partial charge in [-0.2, -0.15) is 0 Å². The fraction of sp³-hybridized carbons (Fsp3) is 0.500. The lowest BCUT2D eigenvalue weighted by Gasteiger charge is -2.20. The molecule has 1 atom stereocenters. The summed E-state index contributed by atoms with van der Waals surface area (Å²) in [5, 5.41) is 0.792. The highest BCUT2D eigenvalue weighted by atomic mass is 35.5. The van der Waals surface area contributed by atoms with Crippen LogP contribution in [-0.2, 0) is 6.54 Å². The molecule has 0 amide bonds. The van der Waals surface area contributed by atoms with Crippen molar-refractivity contribution in [3.05, 3.63) is 34.9 Å². The van der Waals surface area contributed by atoms with E-state index in [1.165, 1.54) is 5.56 Å². The number of hydrogen-bond donors (Lipinski definition) is 1. The maximum absolute atomic E-state index is 5.92. The van der Waals surface area contributed by atoms with E-state index in [-0.39, 0.29) is 6.04 Å². The van der Waals surface area contributed by atoms with E-state index in [2.05, 4.69) is 24.9 Å². The van der Waals surface area contributed by atoms with Crippen molar-refractivity contribution in [3.8, 4) is 0 Å². The normalized spacial score (nSPS) is 13.1. The molecule has 0 heterocycles. The molecule has 1 unspecified atom stereocenters. The summed E-state index contributed by atoms with van der Waals surface area (Å²) >= 11 is 5.92. The number of hydrogen-bond acceptors (Lipinski definition) is 2. The second kappa shape index (κ2) is 6.11. The molecule has 0 saturated heterocycles. The highest BCUT2D eigenvalue weighted by Gasteiger charge is 2.05. The van der Waals surface area contributed by atoms with Crippen LogP contribution < -0.4 is 5.73 Å². The molecule has 2 nitrogen and oxygen atoms in total. The summed E-state index contributed by atoms with van der Waals surface area (Å²) < 4.78 is 0. The highest BCUT2D eigenvalue weighted by Crippen LogP contribution is 2.12. The lowest BCUT2D eigenvalue weighted by atomic mass is 10.2. The van der Waals surface area contributed by atoms with Gasteiger partial charge in [0.2, 0.25) is 0 Å². The standard InChI is InChI=1S/C12H19ClN2/c1-3-12(14)9-15(2)8-10-5-4-6-11(13)7-10/h4-7,12H,3,8-9,14H2,1-2H3. The lowest BCUT2D eigenvalue weighted by molar-refractivity contribution is 0.300. The van der Waals surface area contributed by atoms with Crippen LogP contribution in [0, 0.1) is 0 Å². The lowest BCUT2D eigenvalue weighted by Crippen LogP contribution is -2.34. The molecule has 1 aromatic rings. The summed E-state index contributed by atoms with van der Waals surface area (Å²) in [5.74, 6) is 0. The monoisotopic (exact) mass is 226 g/mol. The molecule has 0 aromatic heterocycles. The molecule has 3 heteroatoms. The van der Waals surface area contributed by atoms with Gasteiger partial charge in [0, 0.05) is 24.2 Å². The molecule has 15 heavy (non-hydrogen) atoms. The second-order valence-electron chi connectivity index (χ2n) is 3.99. The third kappa shape index (κ3) is 4.65. The van der Waals surface area contributed by atoms with Crippen LogP contribution in [0.3, 0.4) is 0 Å². The van der Waals surface area contributed by atoms with E-state index in [0.29, 0.717) is 0 Å². The predicted molar refractivity (Wildman–Crippen MR) is 66.1 cm³/mol. The minimum absolute atomic E-state index is 0.259. The van der Waals surface area contributed by atoms with Gasteiger partial charge in [-0.05, 0) is 31.2 Å². The second-order valence-corrected chi connectivity index (χ2v) is 4.43. The maximum Gasteiger partial charge on any atom is 0.0409 e. The van der Waals surface area contributed by atoms with Crippen LogP contribution >= 0.6 is 11.6 Å². The Kier molecular flexibility index (Phi) is 5.09. The zero-order chi connectivity index (χ0) is 11.3. The van der Waals surface area contributed by atoms with Gasteiger partial charge in [0.1, 0.15) is 0 Å². The van der Waals surface area contributed by atoms with Gasteiger partial charge in [0.15, 0.2) is 0 Å². The average Bonchev–Trinajstić information content (AvgIpc) is 2.17. The van der Waals surface area contributed by atoms with Crippen molar-refractivity contribution in [3.63, 3.8) is 0 Å². The summed E-state index contributed by atoms with van der Waals surface area (Å²) in [6.07, 6.45) is 1.01. The van der Waals surface area contributed by atoms with Crippen LogP contribution in [0.5, 0.6) is 0 Å². The number of benzene rings is 1. The topological polar surface area (TPSA) is 29.3 Å². The highest BCUT2D eigenvalue weighted by molar-refractivity contribution is 6.30. The van der Waals surface area contributed by atoms with Crippen molar-refractivity contribution in [2.45, 2.75) is 25.9 Å². The van der Waals surface area contributed by atoms with Gasteiger partial charge >= 0.3 is 0 Å². The Morgan fingerprint density at radius 3 is 2.80 bits per heavy atom. The fourth-order valence-electron chi connectivity index (χ4n) is 1.54. The van der Waals surface area contributed by atoms with Gasteiger partial charge in [0.25, 0.3) is 0 Å². The average molecular weight is 227 g/mol. The predicted octanol–water partition coefficient (Wildman–Crippen LogP) is 2.51. The van der Waals surface area contributed by atoms with Gasteiger partial charge in [-0.15, -0.1) is 0 Å². The number of nitrogens with zero attached hydrogens (tertiary/aromatic N) is 1. The Labute approximate surface area is 97.0 Å². The molecule has 0 spiro atoms. The van der Waals surface area contributed by atoms with Gasteiger partial charge < -0.3 is 10.6 Å². The molecule has 0 bridgehead atoms. The summed E-state index contributed by atoms with van der Waals surface area (Å²) in [6.45, 7) is 3.93. The van der Waals surface area contributed by atoms with E-state index >= 15 is 0 Å². The zero-order valence-electron chi connectivity index (χ0n) is 9.41. The van der Waals surface area contributed by atoms with Gasteiger partial charge in [0.05, 0.1) is 0 Å². The smallest absolute Gasteiger partial charge is 0.0409 e. The molecule has 1 rings (SSSR count). The first-order chi connectivity index (χ1) is 7.11. The minimum Gasteiger partial charge on any atom is -0.327 e. The van der Waals surface area contributed by atoms with E-state index in [9.17, 15) is 0 Å². The number of halogens is 1. The largest absolute Gasteiger partial charge is 0.327 e. The molecular formula is C12H19ClN2. The summed E-state index contributed by atoms with van der Waals surface area (Å²) in [7, 11) is 2.08. The molecule has 0 aliphatic carbocycles. The molecule has 2 N–H and O–H groups in total. The summed E-state index contributed by atoms with van der Waals surface area (Å²) in [6, 6.07) is 8.21. The summed E-state index contributed by atoms with van der Waals surface area (Å²) in [4.78, 5) is 2.22. The Morgan fingerprint density at radius 2 is 2.20 bits per heavy atom. The molecule has 0 radical (unpaired) electrons. The third-order valence-electron chi connectivity index (χ3n) is 2.41. The van der Waals surface area contributed by atoms with E-state index in [0.717, 1.165) is 24.5 Å². The van der Waals surface area contributed by atoms with E-state index in [1.54, 1.807) is 0 Å². The molecule has 0 fully saturated rings. The number of nitrogens with two attached hydrogens (primary N) is 1. The van der Waals surface area contributed by atoms with Gasteiger partial charge in [-0.3, -0.25) is 0 Å². The van der Waals surface area contributed by atoms with Crippen LogP contribution in [0.25, 0.3) is 0 Å². The van der Waals surface area contributed by atoms with Crippen molar-refractivity contribution in [2.24, 2.45) is 5.73 Å². The van der Waals surface area contributed by atoms with Crippen LogP contribution in [0.1, 0.15) is 18.9 Å². The van der Waals surface area contributed by atoms with Crippen LogP contribution in [0.2, 0.25) is 5.02 Å². The molecule has 0 aliphatic rings. The number of rotatable bonds is 5. The molecule has 0 saturated carbocycles. The van der Waals surface area contributed by atoms with Crippen molar-refractivity contribution in [1.82, 2.24) is 4.90 Å². The SMILES string of the molecule is CCC(N)CN(C)Cc1cccc(Cl)c1. The zero-order valence-corrected chi connectivity index (χ0v) is 10.2. The Hall–Kier alpha value is -0.570. The van der Waals surface area contributed by atoms with Gasteiger partial charge in [-0.25, -0.2) is 0 Å². The van der Waals surface area contributed by atoms with Crippen molar-refractivity contribution < 1.29 is 0 Å². The minimum atomic E-state index is 0.259. The van der Waals surface area contributed by atoms with E-state index < -0.39 is 0 Å². The summed E-state index contributed by atoms with van der Waals surface area (Å²) in [5.41, 5.74) is 7.12. The quantitative estimate of drug-likeness (QED) is 0.836. The Balaban J connectivity index is 2.47. The van der Waals surface area contributed by atoms with E-state index in [1.807, 2.05) is 18.2 Å². The van der Waals surface area contributed by atoms with E-state index in [4.69, 9.17) is 17.3 Å². The van der Waals surface area contributed by atoms with Crippen molar-refractivity contribution >= 4 is 11.6 Å².